The summed E-state index contributed by atoms with van der Waals surface area (Å²) in [6.07, 6.45) is 2.13. The fourth-order valence-electron chi connectivity index (χ4n) is 1.94. The van der Waals surface area contributed by atoms with Crippen LogP contribution in [0.3, 0.4) is 0 Å². The normalized spacial score (nSPS) is 19.9. The van der Waals surface area contributed by atoms with Crippen LogP contribution in [0.15, 0.2) is 10.7 Å². The number of hydrogen-bond acceptors (Lipinski definition) is 3. The second-order valence-electron chi connectivity index (χ2n) is 6.13. The van der Waals surface area contributed by atoms with Gasteiger partial charge in [0.1, 0.15) is 11.8 Å². The van der Waals surface area contributed by atoms with Crippen molar-refractivity contribution in [1.82, 2.24) is 4.90 Å². The van der Waals surface area contributed by atoms with Crippen LogP contribution in [0.1, 0.15) is 47.5 Å². The maximum Gasteiger partial charge on any atom is 0.311 e. The van der Waals surface area contributed by atoms with Crippen molar-refractivity contribution < 1.29 is 9.53 Å². The second-order valence-corrected chi connectivity index (χ2v) is 6.49. The summed E-state index contributed by atoms with van der Waals surface area (Å²) in [5.74, 6) is -0.150. The van der Waals surface area contributed by atoms with E-state index in [1.807, 2.05) is 34.6 Å². The third-order valence-electron chi connectivity index (χ3n) is 3.06. The fourth-order valence-corrected chi connectivity index (χ4v) is 2.17. The van der Waals surface area contributed by atoms with E-state index in [2.05, 4.69) is 4.90 Å². The summed E-state index contributed by atoms with van der Waals surface area (Å²) in [6, 6.07) is 0.221. The Hall–Kier alpha value is -0.700. The first kappa shape index (κ1) is 15.4. The number of esters is 1. The van der Waals surface area contributed by atoms with Gasteiger partial charge >= 0.3 is 5.97 Å². The lowest BCUT2D eigenvalue weighted by Gasteiger charge is -2.27. The third-order valence-corrected chi connectivity index (χ3v) is 3.66. The Morgan fingerprint density at radius 3 is 2.50 bits per heavy atom. The average molecular weight is 274 g/mol. The molecule has 1 rings (SSSR count). The van der Waals surface area contributed by atoms with Crippen molar-refractivity contribution in [3.8, 4) is 0 Å². The lowest BCUT2D eigenvalue weighted by atomic mass is 9.97. The van der Waals surface area contributed by atoms with Gasteiger partial charge < -0.3 is 9.64 Å². The number of likely N-dealkylation sites (tertiary alicyclic amines) is 1. The van der Waals surface area contributed by atoms with Crippen molar-refractivity contribution in [3.63, 3.8) is 0 Å². The summed E-state index contributed by atoms with van der Waals surface area (Å²) < 4.78 is 5.39. The van der Waals surface area contributed by atoms with Gasteiger partial charge in [-0.3, -0.25) is 4.79 Å². The van der Waals surface area contributed by atoms with E-state index in [0.29, 0.717) is 6.61 Å². The van der Waals surface area contributed by atoms with E-state index < -0.39 is 5.41 Å². The molecule has 18 heavy (non-hydrogen) atoms. The molecule has 0 N–H and O–H groups in total. The minimum Gasteiger partial charge on any atom is -0.463 e. The zero-order valence-corrected chi connectivity index (χ0v) is 12.8. The molecular weight excluding hydrogens is 250 g/mol. The number of carbonyl (C=O) groups is 1. The zero-order chi connectivity index (χ0) is 13.9. The number of rotatable bonds is 3. The van der Waals surface area contributed by atoms with Crippen LogP contribution in [-0.2, 0) is 9.53 Å². The van der Waals surface area contributed by atoms with Crippen LogP contribution < -0.4 is 0 Å². The van der Waals surface area contributed by atoms with Gasteiger partial charge in [0.25, 0.3) is 0 Å². The molecule has 0 bridgehead atoms. The van der Waals surface area contributed by atoms with Crippen LogP contribution in [0.5, 0.6) is 0 Å². The second kappa shape index (κ2) is 5.96. The van der Waals surface area contributed by atoms with E-state index >= 15 is 0 Å². The maximum atomic E-state index is 11.7. The molecule has 4 heteroatoms. The molecule has 0 aromatic carbocycles. The Balaban J connectivity index is 2.57. The minimum atomic E-state index is -0.441. The van der Waals surface area contributed by atoms with E-state index in [0.717, 1.165) is 30.1 Å². The first-order valence-corrected chi connectivity index (χ1v) is 6.88. The van der Waals surface area contributed by atoms with Crippen LogP contribution in [0.25, 0.3) is 0 Å². The molecular formula is C14H24ClNO2. The Bertz CT molecular complexity index is 340. The van der Waals surface area contributed by atoms with Crippen molar-refractivity contribution in [2.24, 2.45) is 5.41 Å². The van der Waals surface area contributed by atoms with Crippen molar-refractivity contribution in [2.75, 3.05) is 13.2 Å². The molecule has 1 saturated heterocycles. The fraction of sp³-hybridized carbons (Fsp3) is 0.786. The van der Waals surface area contributed by atoms with Gasteiger partial charge in [0, 0.05) is 6.54 Å². The predicted molar refractivity (Wildman–Crippen MR) is 74.4 cm³/mol. The number of carbonyl (C=O) groups excluding carboxylic acids is 1. The molecule has 1 fully saturated rings. The highest BCUT2D eigenvalue weighted by Gasteiger charge is 2.29. The molecule has 104 valence electrons. The van der Waals surface area contributed by atoms with Crippen molar-refractivity contribution in [2.45, 2.75) is 53.5 Å². The van der Waals surface area contributed by atoms with E-state index in [1.54, 1.807) is 0 Å². The van der Waals surface area contributed by atoms with Gasteiger partial charge in [-0.1, -0.05) is 11.6 Å². The van der Waals surface area contributed by atoms with Crippen LogP contribution in [-0.4, -0.2) is 30.1 Å². The Morgan fingerprint density at radius 1 is 1.39 bits per heavy atom. The van der Waals surface area contributed by atoms with E-state index in [9.17, 15) is 4.79 Å². The molecule has 3 nitrogen and oxygen atoms in total. The Kier molecular flexibility index (Phi) is 5.09. The van der Waals surface area contributed by atoms with Crippen LogP contribution in [0.4, 0.5) is 0 Å². The first-order chi connectivity index (χ1) is 8.23. The van der Waals surface area contributed by atoms with Gasteiger partial charge in [0.15, 0.2) is 0 Å². The lowest BCUT2D eigenvalue weighted by Crippen LogP contribution is -2.34. The van der Waals surface area contributed by atoms with Gasteiger partial charge in [-0.05, 0) is 53.0 Å². The number of hydrogen-bond donors (Lipinski definition) is 0. The first-order valence-electron chi connectivity index (χ1n) is 6.50. The molecule has 0 aromatic heterocycles. The number of halogens is 1. The molecule has 0 spiro atoms. The van der Waals surface area contributed by atoms with Gasteiger partial charge in [-0.15, -0.1) is 0 Å². The van der Waals surface area contributed by atoms with Crippen molar-refractivity contribution in [3.05, 3.63) is 10.7 Å². The Labute approximate surface area is 115 Å². The SMILES string of the molecule is CC(C)=C(Cl)N1CCC[C@H]1COC(=O)C(C)(C)C. The van der Waals surface area contributed by atoms with Gasteiger partial charge in [0.05, 0.1) is 11.5 Å². The van der Waals surface area contributed by atoms with Gasteiger partial charge in [-0.25, -0.2) is 0 Å². The summed E-state index contributed by atoms with van der Waals surface area (Å²) in [6.45, 7) is 11.0. The highest BCUT2D eigenvalue weighted by Crippen LogP contribution is 2.27. The molecule has 0 aliphatic carbocycles. The minimum absolute atomic E-state index is 0.150. The van der Waals surface area contributed by atoms with Crippen LogP contribution >= 0.6 is 11.6 Å². The van der Waals surface area contributed by atoms with Gasteiger partial charge in [0.2, 0.25) is 0 Å². The predicted octanol–water partition coefficient (Wildman–Crippen LogP) is 3.53. The maximum absolute atomic E-state index is 11.7. The lowest BCUT2D eigenvalue weighted by molar-refractivity contribution is -0.154. The smallest absolute Gasteiger partial charge is 0.311 e. The summed E-state index contributed by atoms with van der Waals surface area (Å²) in [4.78, 5) is 13.9. The van der Waals surface area contributed by atoms with Crippen molar-refractivity contribution in [1.29, 1.82) is 0 Å². The molecule has 0 saturated carbocycles. The summed E-state index contributed by atoms with van der Waals surface area (Å²) in [7, 11) is 0. The Morgan fingerprint density at radius 2 is 2.00 bits per heavy atom. The van der Waals surface area contributed by atoms with E-state index in [1.165, 1.54) is 0 Å². The standard InChI is InChI=1S/C14H24ClNO2/c1-10(2)12(15)16-8-6-7-11(16)9-18-13(17)14(3,4)5/h11H,6-9H2,1-5H3/t11-/m0/s1. The molecule has 0 aromatic rings. The molecule has 1 aliphatic rings. The summed E-state index contributed by atoms with van der Waals surface area (Å²) in [5, 5.41) is 0.796. The number of nitrogens with zero attached hydrogens (tertiary/aromatic N) is 1. The monoisotopic (exact) mass is 273 g/mol. The van der Waals surface area contributed by atoms with Crippen LogP contribution in [0, 0.1) is 5.41 Å². The molecule has 0 amide bonds. The van der Waals surface area contributed by atoms with Crippen LogP contribution in [0.2, 0.25) is 0 Å². The third kappa shape index (κ3) is 3.91. The molecule has 1 atom stereocenters. The average Bonchev–Trinajstić information content (AvgIpc) is 2.71. The largest absolute Gasteiger partial charge is 0.463 e. The van der Waals surface area contributed by atoms with E-state index in [-0.39, 0.29) is 12.0 Å². The zero-order valence-electron chi connectivity index (χ0n) is 12.0. The molecule has 0 unspecified atom stereocenters. The summed E-state index contributed by atoms with van der Waals surface area (Å²) in [5.41, 5.74) is 0.662. The van der Waals surface area contributed by atoms with Gasteiger partial charge in [-0.2, -0.15) is 0 Å². The highest BCUT2D eigenvalue weighted by molar-refractivity contribution is 6.29. The van der Waals surface area contributed by atoms with E-state index in [4.69, 9.17) is 16.3 Å². The number of allylic oxidation sites excluding steroid dienone is 1. The molecule has 0 radical (unpaired) electrons. The molecule has 1 heterocycles. The van der Waals surface area contributed by atoms with Crippen molar-refractivity contribution >= 4 is 17.6 Å². The quantitative estimate of drug-likeness (QED) is 0.582. The molecule has 1 aliphatic heterocycles. The highest BCUT2D eigenvalue weighted by atomic mass is 35.5. The number of ether oxygens (including phenoxy) is 1. The topological polar surface area (TPSA) is 29.5 Å². The summed E-state index contributed by atoms with van der Waals surface area (Å²) >= 11 is 6.29.